The van der Waals surface area contributed by atoms with Crippen LogP contribution >= 0.6 is 0 Å². The van der Waals surface area contributed by atoms with E-state index in [1.165, 1.54) is 38.5 Å². The van der Waals surface area contributed by atoms with Gasteiger partial charge in [0.15, 0.2) is 0 Å². The van der Waals surface area contributed by atoms with Crippen LogP contribution in [-0.2, 0) is 4.79 Å². The van der Waals surface area contributed by atoms with Crippen LogP contribution in [0.4, 0.5) is 0 Å². The number of carbonyl (C=O) groups is 1. The van der Waals surface area contributed by atoms with Crippen molar-refractivity contribution in [1.29, 1.82) is 0 Å². The monoisotopic (exact) mass is 290 g/mol. The fraction of sp³-hybridized carbons (Fsp3) is 0.722. The van der Waals surface area contributed by atoms with E-state index in [0.717, 1.165) is 25.2 Å². The summed E-state index contributed by atoms with van der Waals surface area (Å²) in [5.41, 5.74) is 1.14. The van der Waals surface area contributed by atoms with E-state index in [1.54, 1.807) is 0 Å². The lowest BCUT2D eigenvalue weighted by molar-refractivity contribution is -0.125. The molecule has 1 saturated carbocycles. The Kier molecular flexibility index (Phi) is 5.89. The summed E-state index contributed by atoms with van der Waals surface area (Å²) in [7, 11) is 0. The molecule has 1 aliphatic heterocycles. The summed E-state index contributed by atoms with van der Waals surface area (Å²) in [5, 5.41) is 3.29. The van der Waals surface area contributed by atoms with E-state index in [2.05, 4.69) is 23.4 Å². The molecule has 1 saturated heterocycles. The summed E-state index contributed by atoms with van der Waals surface area (Å²) in [6.45, 7) is 12.2. The van der Waals surface area contributed by atoms with Crippen molar-refractivity contribution in [2.24, 2.45) is 11.8 Å². The molecule has 0 spiro atoms. The summed E-state index contributed by atoms with van der Waals surface area (Å²) in [6, 6.07) is 0.130. The minimum Gasteiger partial charge on any atom is -0.374 e. The second-order valence-electron chi connectivity index (χ2n) is 6.64. The van der Waals surface area contributed by atoms with Crippen molar-refractivity contribution in [3.63, 3.8) is 0 Å². The van der Waals surface area contributed by atoms with Gasteiger partial charge in [0, 0.05) is 24.7 Å². The molecule has 2 rings (SSSR count). The SMILES string of the molecule is C=CCC(C)C(=O)NC(C(=C)N1CCCC1)C1CCCC1. The number of rotatable bonds is 7. The van der Waals surface area contributed by atoms with Crippen molar-refractivity contribution in [3.05, 3.63) is 24.9 Å². The first-order chi connectivity index (χ1) is 10.1. The predicted molar refractivity (Wildman–Crippen MR) is 87.8 cm³/mol. The molecule has 1 heterocycles. The van der Waals surface area contributed by atoms with Crippen molar-refractivity contribution in [1.82, 2.24) is 10.2 Å². The largest absolute Gasteiger partial charge is 0.374 e. The van der Waals surface area contributed by atoms with Gasteiger partial charge in [-0.2, -0.15) is 0 Å². The summed E-state index contributed by atoms with van der Waals surface area (Å²) in [5.74, 6) is 0.711. The van der Waals surface area contributed by atoms with Gasteiger partial charge in [0.25, 0.3) is 0 Å². The van der Waals surface area contributed by atoms with Gasteiger partial charge in [-0.1, -0.05) is 32.4 Å². The number of hydrogen-bond donors (Lipinski definition) is 1. The molecule has 3 heteroatoms. The molecular weight excluding hydrogens is 260 g/mol. The number of nitrogens with one attached hydrogen (secondary N) is 1. The van der Waals surface area contributed by atoms with Crippen LogP contribution in [0.15, 0.2) is 24.9 Å². The van der Waals surface area contributed by atoms with E-state index >= 15 is 0 Å². The van der Waals surface area contributed by atoms with Crippen LogP contribution in [0, 0.1) is 11.8 Å². The zero-order valence-electron chi connectivity index (χ0n) is 13.4. The minimum atomic E-state index is -0.00205. The molecule has 0 aromatic carbocycles. The Hall–Kier alpha value is -1.25. The molecule has 2 atom stereocenters. The first-order valence-corrected chi connectivity index (χ1v) is 8.48. The highest BCUT2D eigenvalue weighted by Gasteiger charge is 2.32. The van der Waals surface area contributed by atoms with Crippen molar-refractivity contribution >= 4 is 5.91 Å². The van der Waals surface area contributed by atoms with Crippen LogP contribution in [0.25, 0.3) is 0 Å². The van der Waals surface area contributed by atoms with Gasteiger partial charge in [0.2, 0.25) is 5.91 Å². The van der Waals surface area contributed by atoms with Crippen molar-refractivity contribution in [2.75, 3.05) is 13.1 Å². The number of allylic oxidation sites excluding steroid dienone is 1. The first-order valence-electron chi connectivity index (χ1n) is 8.48. The van der Waals surface area contributed by atoms with E-state index < -0.39 is 0 Å². The Morgan fingerprint density at radius 3 is 2.48 bits per heavy atom. The molecule has 0 aromatic rings. The molecule has 2 aliphatic rings. The molecule has 21 heavy (non-hydrogen) atoms. The molecule has 1 N–H and O–H groups in total. The van der Waals surface area contributed by atoms with Crippen LogP contribution in [0.1, 0.15) is 51.9 Å². The molecule has 0 bridgehead atoms. The fourth-order valence-corrected chi connectivity index (χ4v) is 3.62. The summed E-state index contributed by atoms with van der Waals surface area (Å²) >= 11 is 0. The first kappa shape index (κ1) is 16.1. The maximum absolute atomic E-state index is 12.4. The summed E-state index contributed by atoms with van der Waals surface area (Å²) < 4.78 is 0. The molecule has 1 amide bonds. The third-order valence-corrected chi connectivity index (χ3v) is 5.01. The van der Waals surface area contributed by atoms with Crippen LogP contribution in [-0.4, -0.2) is 29.9 Å². The quantitative estimate of drug-likeness (QED) is 0.728. The lowest BCUT2D eigenvalue weighted by Gasteiger charge is -2.33. The van der Waals surface area contributed by atoms with E-state index in [1.807, 2.05) is 13.0 Å². The van der Waals surface area contributed by atoms with Gasteiger partial charge >= 0.3 is 0 Å². The molecule has 0 radical (unpaired) electrons. The molecule has 3 nitrogen and oxygen atoms in total. The van der Waals surface area contributed by atoms with Crippen LogP contribution in [0.3, 0.4) is 0 Å². The molecule has 0 aromatic heterocycles. The Bertz CT molecular complexity index is 379. The third-order valence-electron chi connectivity index (χ3n) is 5.01. The standard InChI is InChI=1S/C18H30N2O/c1-4-9-14(2)18(21)19-17(16-10-5-6-11-16)15(3)20-12-7-8-13-20/h4,14,16-17H,1,3,5-13H2,2H3,(H,19,21). The summed E-state index contributed by atoms with van der Waals surface area (Å²) in [4.78, 5) is 14.8. The van der Waals surface area contributed by atoms with E-state index in [-0.39, 0.29) is 17.9 Å². The lowest BCUT2D eigenvalue weighted by atomic mass is 9.94. The molecule has 2 fully saturated rings. The molecule has 1 aliphatic carbocycles. The highest BCUT2D eigenvalue weighted by molar-refractivity contribution is 5.79. The molecule has 2 unspecified atom stereocenters. The number of carbonyl (C=O) groups excluding carboxylic acids is 1. The van der Waals surface area contributed by atoms with Gasteiger partial charge in [-0.25, -0.2) is 0 Å². The van der Waals surface area contributed by atoms with Crippen molar-refractivity contribution in [3.8, 4) is 0 Å². The van der Waals surface area contributed by atoms with E-state index in [9.17, 15) is 4.79 Å². The van der Waals surface area contributed by atoms with Gasteiger partial charge in [0.05, 0.1) is 6.04 Å². The Balaban J connectivity index is 2.02. The van der Waals surface area contributed by atoms with E-state index in [0.29, 0.717) is 5.92 Å². The normalized spacial score (nSPS) is 22.0. The third kappa shape index (κ3) is 4.12. The maximum Gasteiger partial charge on any atom is 0.223 e. The highest BCUT2D eigenvalue weighted by Crippen LogP contribution is 2.32. The van der Waals surface area contributed by atoms with Gasteiger partial charge < -0.3 is 10.2 Å². The van der Waals surface area contributed by atoms with Gasteiger partial charge in [-0.05, 0) is 38.0 Å². The Morgan fingerprint density at radius 1 is 1.29 bits per heavy atom. The van der Waals surface area contributed by atoms with Crippen LogP contribution in [0.2, 0.25) is 0 Å². The highest BCUT2D eigenvalue weighted by atomic mass is 16.1. The molecule has 118 valence electrons. The zero-order valence-corrected chi connectivity index (χ0v) is 13.4. The Morgan fingerprint density at radius 2 is 1.90 bits per heavy atom. The minimum absolute atomic E-state index is 0.00205. The van der Waals surface area contributed by atoms with Crippen molar-refractivity contribution in [2.45, 2.75) is 57.9 Å². The number of amides is 1. The summed E-state index contributed by atoms with van der Waals surface area (Å²) in [6.07, 6.45) is 10.1. The second kappa shape index (κ2) is 7.67. The van der Waals surface area contributed by atoms with Gasteiger partial charge in [-0.3, -0.25) is 4.79 Å². The smallest absolute Gasteiger partial charge is 0.223 e. The zero-order chi connectivity index (χ0) is 15.2. The maximum atomic E-state index is 12.4. The van der Waals surface area contributed by atoms with Crippen LogP contribution < -0.4 is 5.32 Å². The fourth-order valence-electron chi connectivity index (χ4n) is 3.62. The lowest BCUT2D eigenvalue weighted by Crippen LogP contribution is -2.46. The van der Waals surface area contributed by atoms with E-state index in [4.69, 9.17) is 0 Å². The second-order valence-corrected chi connectivity index (χ2v) is 6.64. The number of nitrogens with zero attached hydrogens (tertiary/aromatic N) is 1. The molecular formula is C18H30N2O. The topological polar surface area (TPSA) is 32.3 Å². The van der Waals surface area contributed by atoms with Crippen LogP contribution in [0.5, 0.6) is 0 Å². The van der Waals surface area contributed by atoms with Crippen molar-refractivity contribution < 1.29 is 4.79 Å². The number of hydrogen-bond acceptors (Lipinski definition) is 2. The predicted octanol–water partition coefficient (Wildman–Crippen LogP) is 3.48. The average molecular weight is 290 g/mol. The average Bonchev–Trinajstić information content (AvgIpc) is 3.16. The van der Waals surface area contributed by atoms with Gasteiger partial charge in [-0.15, -0.1) is 6.58 Å². The Labute approximate surface area is 129 Å². The number of likely N-dealkylation sites (tertiary alicyclic amines) is 1. The van der Waals surface area contributed by atoms with Gasteiger partial charge in [0.1, 0.15) is 0 Å².